The van der Waals surface area contributed by atoms with Gasteiger partial charge in [-0.05, 0) is 51.1 Å². The van der Waals surface area contributed by atoms with Gasteiger partial charge in [-0.25, -0.2) is 0 Å². The molecule has 0 saturated carbocycles. The van der Waals surface area contributed by atoms with E-state index < -0.39 is 0 Å². The van der Waals surface area contributed by atoms with Gasteiger partial charge in [-0.15, -0.1) is 0 Å². The fourth-order valence-electron chi connectivity index (χ4n) is 9.89. The Balaban J connectivity index is 1.30. The van der Waals surface area contributed by atoms with Crippen molar-refractivity contribution in [3.63, 3.8) is 0 Å². The molecule has 12 aromatic rings. The van der Waals surface area contributed by atoms with Crippen molar-refractivity contribution in [2.45, 2.75) is 0 Å². The molecule has 0 saturated heterocycles. The quantitative estimate of drug-likeness (QED) is 0.158. The smallest absolute Gasteiger partial charge is 0.0789 e. The SMILES string of the molecule is c1ccc2c(c1)-c1ccccc1-c1ccc3c(c1-c1ccccc1-2)c1cccc2c4ccc5c6cccc7c8ccccc8n(c76)c5c4n3c21. The standard InChI is InChI=1S/C48H26N2/c1-2-12-28-27(11-1)29-13-3-4-15-31(29)34-25-26-42-44(43(34)33-17-6-5-14-30(28)33)40-21-10-20-37-39-24-23-38-36-19-9-18-35-32-16-7-8-22-41(32)49(45(35)36)47(38)48(39)50(42)46(37)40/h1-26H. The fraction of sp³-hybridized carbons (Fsp3) is 0. The monoisotopic (exact) mass is 630 g/mol. The molecule has 0 fully saturated rings. The molecule has 0 N–H and O–H groups in total. The maximum atomic E-state index is 2.60. The number of rotatable bonds is 0. The predicted molar refractivity (Wildman–Crippen MR) is 211 cm³/mol. The molecular formula is C48H26N2. The van der Waals surface area contributed by atoms with Crippen molar-refractivity contribution in [1.82, 2.24) is 8.80 Å². The second-order valence-corrected chi connectivity index (χ2v) is 14.0. The third kappa shape index (κ3) is 2.79. The molecule has 0 atom stereocenters. The summed E-state index contributed by atoms with van der Waals surface area (Å²) in [5, 5.41) is 10.5. The number of aromatic nitrogens is 2. The average molecular weight is 631 g/mol. The molecule has 228 valence electrons. The van der Waals surface area contributed by atoms with Crippen LogP contribution in [-0.4, -0.2) is 8.80 Å². The van der Waals surface area contributed by atoms with Gasteiger partial charge in [0.25, 0.3) is 0 Å². The molecule has 2 nitrogen and oxygen atoms in total. The molecule has 0 radical (unpaired) electrons. The molecule has 0 bridgehead atoms. The highest BCUT2D eigenvalue weighted by atomic mass is 15.0. The van der Waals surface area contributed by atoms with Crippen molar-refractivity contribution in [3.05, 3.63) is 158 Å². The number of hydrogen-bond donors (Lipinski definition) is 0. The second-order valence-electron chi connectivity index (χ2n) is 14.0. The molecule has 13 rings (SSSR count). The number of benzene rings is 8. The van der Waals surface area contributed by atoms with Gasteiger partial charge in [0.1, 0.15) is 0 Å². The Morgan fingerprint density at radius 3 is 1.30 bits per heavy atom. The van der Waals surface area contributed by atoms with E-state index in [0.29, 0.717) is 0 Å². The Hall–Kier alpha value is -6.64. The number of para-hydroxylation sites is 3. The Morgan fingerprint density at radius 1 is 0.240 bits per heavy atom. The minimum absolute atomic E-state index is 1.25. The summed E-state index contributed by atoms with van der Waals surface area (Å²) in [7, 11) is 0. The van der Waals surface area contributed by atoms with Gasteiger partial charge < -0.3 is 8.80 Å². The van der Waals surface area contributed by atoms with Crippen molar-refractivity contribution in [2.75, 3.05) is 0 Å². The molecule has 1 aliphatic carbocycles. The topological polar surface area (TPSA) is 8.82 Å². The van der Waals surface area contributed by atoms with E-state index in [1.54, 1.807) is 0 Å². The Kier molecular flexibility index (Phi) is 4.41. The molecular weight excluding hydrogens is 605 g/mol. The van der Waals surface area contributed by atoms with Gasteiger partial charge in [0, 0.05) is 48.7 Å². The van der Waals surface area contributed by atoms with Crippen molar-refractivity contribution in [2.24, 2.45) is 0 Å². The van der Waals surface area contributed by atoms with Crippen LogP contribution in [0.15, 0.2) is 158 Å². The molecule has 50 heavy (non-hydrogen) atoms. The summed E-state index contributed by atoms with van der Waals surface area (Å²) in [6.07, 6.45) is 0. The van der Waals surface area contributed by atoms with Crippen molar-refractivity contribution >= 4 is 76.2 Å². The largest absolute Gasteiger partial charge is 0.306 e. The summed E-state index contributed by atoms with van der Waals surface area (Å²) >= 11 is 0. The van der Waals surface area contributed by atoms with Gasteiger partial charge in [-0.1, -0.05) is 146 Å². The minimum atomic E-state index is 1.25. The van der Waals surface area contributed by atoms with E-state index in [9.17, 15) is 0 Å². The van der Waals surface area contributed by atoms with Crippen LogP contribution in [-0.2, 0) is 0 Å². The lowest BCUT2D eigenvalue weighted by Crippen LogP contribution is -1.97. The second kappa shape index (κ2) is 8.68. The van der Waals surface area contributed by atoms with Crippen LogP contribution in [0, 0.1) is 0 Å². The third-order valence-corrected chi connectivity index (χ3v) is 11.7. The van der Waals surface area contributed by atoms with E-state index in [1.807, 2.05) is 0 Å². The average Bonchev–Trinajstić information content (AvgIpc) is 3.91. The van der Waals surface area contributed by atoms with Gasteiger partial charge in [0.15, 0.2) is 0 Å². The van der Waals surface area contributed by atoms with Crippen LogP contribution in [0.25, 0.3) is 121 Å². The molecule has 0 amide bonds. The molecule has 0 aliphatic heterocycles. The Morgan fingerprint density at radius 2 is 0.660 bits per heavy atom. The lowest BCUT2D eigenvalue weighted by atomic mass is 9.79. The van der Waals surface area contributed by atoms with Crippen LogP contribution in [0.4, 0.5) is 0 Å². The molecule has 1 aliphatic rings. The van der Waals surface area contributed by atoms with Crippen molar-refractivity contribution < 1.29 is 0 Å². The first-order valence-electron chi connectivity index (χ1n) is 17.5. The first-order valence-corrected chi connectivity index (χ1v) is 17.5. The van der Waals surface area contributed by atoms with Crippen LogP contribution in [0.1, 0.15) is 0 Å². The van der Waals surface area contributed by atoms with Crippen molar-refractivity contribution in [3.8, 4) is 44.5 Å². The fourth-order valence-corrected chi connectivity index (χ4v) is 9.89. The number of fused-ring (bicyclic) bond motifs is 22. The highest BCUT2D eigenvalue weighted by molar-refractivity contribution is 6.33. The van der Waals surface area contributed by atoms with E-state index in [2.05, 4.69) is 167 Å². The third-order valence-electron chi connectivity index (χ3n) is 11.7. The highest BCUT2D eigenvalue weighted by Crippen LogP contribution is 2.53. The molecule has 4 aromatic heterocycles. The summed E-state index contributed by atoms with van der Waals surface area (Å²) in [4.78, 5) is 0. The lowest BCUT2D eigenvalue weighted by Gasteiger charge is -2.23. The normalized spacial score (nSPS) is 12.8. The molecule has 2 heteroatoms. The zero-order valence-electron chi connectivity index (χ0n) is 26.9. The van der Waals surface area contributed by atoms with Crippen molar-refractivity contribution in [1.29, 1.82) is 0 Å². The van der Waals surface area contributed by atoms with Gasteiger partial charge in [-0.3, -0.25) is 0 Å². The summed E-state index contributed by atoms with van der Waals surface area (Å²) in [5.41, 5.74) is 18.0. The number of nitrogens with zero attached hydrogens (tertiary/aromatic N) is 2. The van der Waals surface area contributed by atoms with E-state index in [4.69, 9.17) is 0 Å². The molecule has 0 spiro atoms. The minimum Gasteiger partial charge on any atom is -0.306 e. The van der Waals surface area contributed by atoms with Gasteiger partial charge in [-0.2, -0.15) is 0 Å². The van der Waals surface area contributed by atoms with Crippen LogP contribution in [0.5, 0.6) is 0 Å². The summed E-state index contributed by atoms with van der Waals surface area (Å²) in [6, 6.07) is 59.1. The Bertz CT molecular complexity index is 3420. The maximum Gasteiger partial charge on any atom is 0.0789 e. The van der Waals surface area contributed by atoms with Crippen LogP contribution in [0.3, 0.4) is 0 Å². The predicted octanol–water partition coefficient (Wildman–Crippen LogP) is 13.0. The van der Waals surface area contributed by atoms with Gasteiger partial charge in [0.05, 0.1) is 33.1 Å². The number of hydrogen-bond acceptors (Lipinski definition) is 0. The summed E-state index contributed by atoms with van der Waals surface area (Å²) in [5.74, 6) is 0. The summed E-state index contributed by atoms with van der Waals surface area (Å²) < 4.78 is 5.15. The highest BCUT2D eigenvalue weighted by Gasteiger charge is 2.28. The van der Waals surface area contributed by atoms with E-state index >= 15 is 0 Å². The van der Waals surface area contributed by atoms with Gasteiger partial charge >= 0.3 is 0 Å². The Labute approximate surface area is 286 Å². The maximum absolute atomic E-state index is 2.60. The zero-order chi connectivity index (χ0) is 32.2. The van der Waals surface area contributed by atoms with Crippen LogP contribution in [0.2, 0.25) is 0 Å². The first-order chi connectivity index (χ1) is 24.9. The first kappa shape index (κ1) is 25.4. The van der Waals surface area contributed by atoms with E-state index in [1.165, 1.54) is 121 Å². The van der Waals surface area contributed by atoms with E-state index in [-0.39, 0.29) is 0 Å². The zero-order valence-corrected chi connectivity index (χ0v) is 26.9. The van der Waals surface area contributed by atoms with Crippen LogP contribution >= 0.6 is 0 Å². The van der Waals surface area contributed by atoms with Gasteiger partial charge in [0.2, 0.25) is 0 Å². The summed E-state index contributed by atoms with van der Waals surface area (Å²) in [6.45, 7) is 0. The molecule has 4 heterocycles. The lowest BCUT2D eigenvalue weighted by molar-refractivity contribution is 1.33. The molecule has 0 unspecified atom stereocenters. The molecule has 8 aromatic carbocycles. The van der Waals surface area contributed by atoms with Crippen LogP contribution < -0.4 is 0 Å². The van der Waals surface area contributed by atoms with E-state index in [0.717, 1.165) is 0 Å².